The molecule has 3 rings (SSSR count). The third-order valence-corrected chi connectivity index (χ3v) is 4.51. The molecule has 5 nitrogen and oxygen atoms in total. The summed E-state index contributed by atoms with van der Waals surface area (Å²) in [6.07, 6.45) is 1.88. The van der Waals surface area contributed by atoms with Crippen molar-refractivity contribution >= 4 is 17.5 Å². The molecule has 2 amide bonds. The summed E-state index contributed by atoms with van der Waals surface area (Å²) in [6, 6.07) is 14.5. The zero-order valence-electron chi connectivity index (χ0n) is 14.4. The smallest absolute Gasteiger partial charge is 0.255 e. The molecule has 25 heavy (non-hydrogen) atoms. The van der Waals surface area contributed by atoms with Gasteiger partial charge in [-0.2, -0.15) is 0 Å². The molecule has 0 aromatic heterocycles. The van der Waals surface area contributed by atoms with E-state index in [0.29, 0.717) is 23.4 Å². The highest BCUT2D eigenvalue weighted by atomic mass is 16.2. The van der Waals surface area contributed by atoms with Gasteiger partial charge in [0, 0.05) is 35.9 Å². The lowest BCUT2D eigenvalue weighted by atomic mass is 10.0. The molecule has 1 atom stereocenters. The van der Waals surface area contributed by atoms with Gasteiger partial charge in [0.15, 0.2) is 0 Å². The fraction of sp³-hybridized carbons (Fsp3) is 0.300. The number of carbonyl (C=O) groups is 2. The first-order chi connectivity index (χ1) is 12.0. The van der Waals surface area contributed by atoms with E-state index in [4.69, 9.17) is 5.73 Å². The van der Waals surface area contributed by atoms with E-state index in [1.54, 1.807) is 29.2 Å². The molecule has 1 aliphatic heterocycles. The Morgan fingerprint density at radius 3 is 2.60 bits per heavy atom. The van der Waals surface area contributed by atoms with E-state index in [1.165, 1.54) is 0 Å². The van der Waals surface area contributed by atoms with Gasteiger partial charge in [-0.1, -0.05) is 24.3 Å². The van der Waals surface area contributed by atoms with Gasteiger partial charge in [0.25, 0.3) is 11.8 Å². The fourth-order valence-corrected chi connectivity index (χ4v) is 3.05. The van der Waals surface area contributed by atoms with Gasteiger partial charge in [0.2, 0.25) is 0 Å². The van der Waals surface area contributed by atoms with Crippen molar-refractivity contribution in [1.82, 2.24) is 4.90 Å². The van der Waals surface area contributed by atoms with Gasteiger partial charge in [-0.15, -0.1) is 0 Å². The fourth-order valence-electron chi connectivity index (χ4n) is 3.05. The van der Waals surface area contributed by atoms with Crippen LogP contribution in [0.15, 0.2) is 48.5 Å². The first-order valence-electron chi connectivity index (χ1n) is 8.56. The molecule has 130 valence electrons. The van der Waals surface area contributed by atoms with E-state index in [1.807, 2.05) is 31.2 Å². The van der Waals surface area contributed by atoms with E-state index in [9.17, 15) is 9.59 Å². The summed E-state index contributed by atoms with van der Waals surface area (Å²) in [6.45, 7) is 3.22. The summed E-state index contributed by atoms with van der Waals surface area (Å²) in [5.74, 6) is -0.223. The van der Waals surface area contributed by atoms with Crippen LogP contribution < -0.4 is 11.1 Å². The van der Waals surface area contributed by atoms with Crippen molar-refractivity contribution in [3.63, 3.8) is 0 Å². The molecule has 2 aromatic rings. The van der Waals surface area contributed by atoms with Crippen molar-refractivity contribution in [2.24, 2.45) is 5.73 Å². The standard InChI is InChI=1S/C20H23N3O2/c1-14-9-10-16(20(25)23-11-5-8-17(21)13-23)12-18(14)22-19(24)15-6-3-2-4-7-15/h2-4,6-7,9-10,12,17H,5,8,11,13,21H2,1H3,(H,22,24). The number of likely N-dealkylation sites (tertiary alicyclic amines) is 1. The minimum atomic E-state index is -0.187. The largest absolute Gasteiger partial charge is 0.337 e. The number of anilines is 1. The molecule has 1 fully saturated rings. The molecule has 1 unspecified atom stereocenters. The SMILES string of the molecule is Cc1ccc(C(=O)N2CCCC(N)C2)cc1NC(=O)c1ccccc1. The number of hydrogen-bond acceptors (Lipinski definition) is 3. The van der Waals surface area contributed by atoms with Gasteiger partial charge in [0.1, 0.15) is 0 Å². The first kappa shape index (κ1) is 17.2. The molecular formula is C20H23N3O2. The number of rotatable bonds is 3. The molecule has 0 saturated carbocycles. The zero-order valence-corrected chi connectivity index (χ0v) is 14.4. The van der Waals surface area contributed by atoms with Gasteiger partial charge < -0.3 is 16.0 Å². The second-order valence-electron chi connectivity index (χ2n) is 6.50. The number of nitrogens with zero attached hydrogens (tertiary/aromatic N) is 1. The van der Waals surface area contributed by atoms with Gasteiger partial charge in [-0.05, 0) is 49.6 Å². The third kappa shape index (κ3) is 4.06. The van der Waals surface area contributed by atoms with Gasteiger partial charge in [-0.3, -0.25) is 9.59 Å². The number of hydrogen-bond donors (Lipinski definition) is 2. The number of amides is 2. The minimum Gasteiger partial charge on any atom is -0.337 e. The van der Waals surface area contributed by atoms with Crippen LogP contribution in [-0.4, -0.2) is 35.8 Å². The molecule has 5 heteroatoms. The maximum atomic E-state index is 12.7. The highest BCUT2D eigenvalue weighted by Gasteiger charge is 2.22. The second kappa shape index (κ2) is 7.49. The summed E-state index contributed by atoms with van der Waals surface area (Å²) in [7, 11) is 0. The van der Waals surface area contributed by atoms with Crippen LogP contribution >= 0.6 is 0 Å². The predicted molar refractivity (Wildman–Crippen MR) is 98.7 cm³/mol. The summed E-state index contributed by atoms with van der Waals surface area (Å²) in [5, 5.41) is 2.90. The average Bonchev–Trinajstić information content (AvgIpc) is 2.63. The Labute approximate surface area is 147 Å². The van der Waals surface area contributed by atoms with E-state index in [2.05, 4.69) is 5.32 Å². The normalized spacial score (nSPS) is 17.2. The minimum absolute atomic E-state index is 0.0367. The summed E-state index contributed by atoms with van der Waals surface area (Å²) in [4.78, 5) is 26.9. The molecule has 0 bridgehead atoms. The molecule has 1 heterocycles. The van der Waals surface area contributed by atoms with Crippen LogP contribution in [0.4, 0.5) is 5.69 Å². The number of aryl methyl sites for hydroxylation is 1. The van der Waals surface area contributed by atoms with Gasteiger partial charge in [0.05, 0.1) is 0 Å². The van der Waals surface area contributed by atoms with Crippen LogP contribution in [0, 0.1) is 6.92 Å². The topological polar surface area (TPSA) is 75.4 Å². The quantitative estimate of drug-likeness (QED) is 0.904. The monoisotopic (exact) mass is 337 g/mol. The highest BCUT2D eigenvalue weighted by Crippen LogP contribution is 2.20. The maximum Gasteiger partial charge on any atom is 0.255 e. The van der Waals surface area contributed by atoms with E-state index < -0.39 is 0 Å². The number of nitrogens with one attached hydrogen (secondary N) is 1. The Hall–Kier alpha value is -2.66. The van der Waals surface area contributed by atoms with Gasteiger partial charge >= 0.3 is 0 Å². The number of nitrogens with two attached hydrogens (primary N) is 1. The van der Waals surface area contributed by atoms with Crippen LogP contribution in [-0.2, 0) is 0 Å². The highest BCUT2D eigenvalue weighted by molar-refractivity contribution is 6.05. The van der Waals surface area contributed by atoms with Crippen molar-refractivity contribution < 1.29 is 9.59 Å². The van der Waals surface area contributed by atoms with E-state index in [0.717, 1.165) is 24.9 Å². The molecule has 0 radical (unpaired) electrons. The van der Waals surface area contributed by atoms with Crippen molar-refractivity contribution in [3.05, 3.63) is 65.2 Å². The van der Waals surface area contributed by atoms with Crippen LogP contribution in [0.25, 0.3) is 0 Å². The number of benzene rings is 2. The first-order valence-corrected chi connectivity index (χ1v) is 8.56. The lowest BCUT2D eigenvalue weighted by Gasteiger charge is -2.31. The maximum absolute atomic E-state index is 12.7. The van der Waals surface area contributed by atoms with Crippen molar-refractivity contribution in [2.75, 3.05) is 18.4 Å². The van der Waals surface area contributed by atoms with Crippen molar-refractivity contribution in [2.45, 2.75) is 25.8 Å². The third-order valence-electron chi connectivity index (χ3n) is 4.51. The van der Waals surface area contributed by atoms with Crippen LogP contribution in [0.1, 0.15) is 39.1 Å². The predicted octanol–water partition coefficient (Wildman–Crippen LogP) is 2.81. The zero-order chi connectivity index (χ0) is 17.8. The summed E-state index contributed by atoms with van der Waals surface area (Å²) < 4.78 is 0. The molecule has 1 saturated heterocycles. The Morgan fingerprint density at radius 1 is 1.12 bits per heavy atom. The molecule has 1 aliphatic rings. The molecule has 2 aromatic carbocycles. The average molecular weight is 337 g/mol. The van der Waals surface area contributed by atoms with Crippen molar-refractivity contribution in [1.29, 1.82) is 0 Å². The van der Waals surface area contributed by atoms with Crippen molar-refractivity contribution in [3.8, 4) is 0 Å². The molecule has 0 aliphatic carbocycles. The van der Waals surface area contributed by atoms with Crippen LogP contribution in [0.2, 0.25) is 0 Å². The summed E-state index contributed by atoms with van der Waals surface area (Å²) >= 11 is 0. The van der Waals surface area contributed by atoms with E-state index >= 15 is 0 Å². The van der Waals surface area contributed by atoms with Crippen LogP contribution in [0.3, 0.4) is 0 Å². The lowest BCUT2D eigenvalue weighted by Crippen LogP contribution is -2.45. The molecular weight excluding hydrogens is 314 g/mol. The molecule has 0 spiro atoms. The van der Waals surface area contributed by atoms with Gasteiger partial charge in [-0.25, -0.2) is 0 Å². The Morgan fingerprint density at radius 2 is 1.88 bits per heavy atom. The number of carbonyl (C=O) groups excluding carboxylic acids is 2. The Kier molecular flexibility index (Phi) is 5.14. The van der Waals surface area contributed by atoms with E-state index in [-0.39, 0.29) is 17.9 Å². The Bertz CT molecular complexity index is 774. The Balaban J connectivity index is 1.78. The molecule has 3 N–H and O–H groups in total. The lowest BCUT2D eigenvalue weighted by molar-refractivity contribution is 0.0708. The summed E-state index contributed by atoms with van der Waals surface area (Å²) in [5.41, 5.74) is 8.70. The van der Waals surface area contributed by atoms with Crippen LogP contribution in [0.5, 0.6) is 0 Å². The number of piperidine rings is 1. The second-order valence-corrected chi connectivity index (χ2v) is 6.50.